The fourth-order valence-corrected chi connectivity index (χ4v) is 5.22. The Balaban J connectivity index is 1.78. The van der Waals surface area contributed by atoms with Crippen LogP contribution in [0.25, 0.3) is 33.1 Å². The van der Waals surface area contributed by atoms with E-state index in [1.807, 2.05) is 54.6 Å². The molecule has 0 saturated heterocycles. The Kier molecular flexibility index (Phi) is 4.29. The summed E-state index contributed by atoms with van der Waals surface area (Å²) < 4.78 is 33.5. The maximum atomic E-state index is 13.5. The molecule has 0 bridgehead atoms. The highest BCUT2D eigenvalue weighted by atomic mass is 32.2. The molecule has 5 aromatic rings. The predicted octanol–water partition coefficient (Wildman–Crippen LogP) is 5.10. The van der Waals surface area contributed by atoms with E-state index in [4.69, 9.17) is 4.74 Å². The van der Waals surface area contributed by atoms with Crippen molar-refractivity contribution < 1.29 is 13.2 Å². The maximum absolute atomic E-state index is 13.5. The molecule has 6 heteroatoms. The van der Waals surface area contributed by atoms with Gasteiger partial charge >= 0.3 is 0 Å². The van der Waals surface area contributed by atoms with Crippen molar-refractivity contribution in [3.63, 3.8) is 0 Å². The highest BCUT2D eigenvalue weighted by Crippen LogP contribution is 2.34. The lowest BCUT2D eigenvalue weighted by molar-refractivity contribution is 0.415. The topological polar surface area (TPSA) is 61.2 Å². The predicted molar refractivity (Wildman–Crippen MR) is 118 cm³/mol. The van der Waals surface area contributed by atoms with Crippen LogP contribution in [0.15, 0.2) is 96.0 Å². The van der Waals surface area contributed by atoms with Crippen LogP contribution in [0, 0.1) is 0 Å². The zero-order valence-corrected chi connectivity index (χ0v) is 17.0. The second-order valence-corrected chi connectivity index (χ2v) is 8.70. The number of aromatic nitrogens is 2. The van der Waals surface area contributed by atoms with Crippen LogP contribution in [0.2, 0.25) is 0 Å². The van der Waals surface area contributed by atoms with E-state index in [1.54, 1.807) is 43.6 Å². The molecule has 0 aliphatic carbocycles. The van der Waals surface area contributed by atoms with Gasteiger partial charge in [-0.25, -0.2) is 17.4 Å². The average Bonchev–Trinajstić information content (AvgIpc) is 3.14. The number of methoxy groups -OCH3 is 1. The first-order valence-electron chi connectivity index (χ1n) is 9.44. The van der Waals surface area contributed by atoms with Gasteiger partial charge in [0.2, 0.25) is 0 Å². The van der Waals surface area contributed by atoms with E-state index in [2.05, 4.69) is 4.98 Å². The van der Waals surface area contributed by atoms with Gasteiger partial charge in [0.1, 0.15) is 5.75 Å². The summed E-state index contributed by atoms with van der Waals surface area (Å²) in [6.07, 6.45) is 1.61. The fourth-order valence-electron chi connectivity index (χ4n) is 3.72. The summed E-state index contributed by atoms with van der Waals surface area (Å²) >= 11 is 0. The molecule has 0 amide bonds. The van der Waals surface area contributed by atoms with Gasteiger partial charge in [-0.2, -0.15) is 0 Å². The van der Waals surface area contributed by atoms with Crippen LogP contribution in [0.4, 0.5) is 0 Å². The number of rotatable bonds is 4. The average molecular weight is 414 g/mol. The largest absolute Gasteiger partial charge is 0.497 e. The molecule has 5 rings (SSSR count). The van der Waals surface area contributed by atoms with Crippen molar-refractivity contribution in [2.45, 2.75) is 4.90 Å². The minimum absolute atomic E-state index is 0.230. The first kappa shape index (κ1) is 18.4. The van der Waals surface area contributed by atoms with Gasteiger partial charge in [0.15, 0.2) is 5.65 Å². The second-order valence-electron chi connectivity index (χ2n) is 6.92. The summed E-state index contributed by atoms with van der Waals surface area (Å²) in [5, 5.41) is 1.63. The van der Waals surface area contributed by atoms with E-state index in [1.165, 1.54) is 3.97 Å². The Bertz CT molecular complexity index is 1470. The minimum atomic E-state index is -3.80. The monoisotopic (exact) mass is 414 g/mol. The van der Waals surface area contributed by atoms with E-state index in [-0.39, 0.29) is 4.90 Å². The van der Waals surface area contributed by atoms with Crippen molar-refractivity contribution in [1.82, 2.24) is 8.96 Å². The molecule has 0 saturated carbocycles. The van der Waals surface area contributed by atoms with E-state index in [0.29, 0.717) is 11.2 Å². The molecule has 30 heavy (non-hydrogen) atoms. The molecule has 0 N–H and O–H groups in total. The minimum Gasteiger partial charge on any atom is -0.497 e. The van der Waals surface area contributed by atoms with Crippen molar-refractivity contribution in [2.24, 2.45) is 0 Å². The van der Waals surface area contributed by atoms with Crippen LogP contribution in [-0.4, -0.2) is 24.5 Å². The Hall–Kier alpha value is -3.64. The molecule has 0 unspecified atom stereocenters. The summed E-state index contributed by atoms with van der Waals surface area (Å²) in [5.41, 5.74) is 3.03. The number of pyridine rings is 1. The van der Waals surface area contributed by atoms with Crippen molar-refractivity contribution in [1.29, 1.82) is 0 Å². The van der Waals surface area contributed by atoms with Gasteiger partial charge in [0, 0.05) is 17.0 Å². The van der Waals surface area contributed by atoms with Crippen molar-refractivity contribution in [3.8, 4) is 16.9 Å². The molecular weight excluding hydrogens is 396 g/mol. The van der Waals surface area contributed by atoms with E-state index in [9.17, 15) is 8.42 Å². The van der Waals surface area contributed by atoms with E-state index in [0.717, 1.165) is 27.6 Å². The Labute approximate surface area is 174 Å². The van der Waals surface area contributed by atoms with Crippen LogP contribution >= 0.6 is 0 Å². The van der Waals surface area contributed by atoms with Gasteiger partial charge in [-0.05, 0) is 59.7 Å². The van der Waals surface area contributed by atoms with Crippen LogP contribution < -0.4 is 4.74 Å². The molecule has 148 valence electrons. The maximum Gasteiger partial charge on any atom is 0.269 e. The number of fused-ring (bicyclic) bond motifs is 3. The molecule has 3 aromatic carbocycles. The first-order chi connectivity index (χ1) is 14.6. The Morgan fingerprint density at radius 1 is 0.800 bits per heavy atom. The third-order valence-corrected chi connectivity index (χ3v) is 6.91. The number of benzene rings is 3. The smallest absolute Gasteiger partial charge is 0.269 e. The van der Waals surface area contributed by atoms with Crippen molar-refractivity contribution in [3.05, 3.63) is 91.1 Å². The quantitative estimate of drug-likeness (QED) is 0.410. The van der Waals surface area contributed by atoms with Gasteiger partial charge < -0.3 is 4.74 Å². The molecule has 0 aliphatic heterocycles. The molecule has 2 heterocycles. The highest BCUT2D eigenvalue weighted by Gasteiger charge is 2.24. The molecule has 0 aliphatic rings. The van der Waals surface area contributed by atoms with Gasteiger partial charge in [0.05, 0.1) is 17.5 Å². The molecular formula is C24H18N2O3S. The highest BCUT2D eigenvalue weighted by molar-refractivity contribution is 7.90. The van der Waals surface area contributed by atoms with Crippen LogP contribution in [0.1, 0.15) is 0 Å². The zero-order valence-electron chi connectivity index (χ0n) is 16.2. The molecule has 5 nitrogen and oxygen atoms in total. The second kappa shape index (κ2) is 7.00. The number of ether oxygens (including phenoxy) is 1. The molecule has 0 radical (unpaired) electrons. The summed E-state index contributed by atoms with van der Waals surface area (Å²) in [6, 6.07) is 25.7. The first-order valence-corrected chi connectivity index (χ1v) is 10.9. The molecule has 0 atom stereocenters. The van der Waals surface area contributed by atoms with Crippen LogP contribution in [0.5, 0.6) is 5.75 Å². The number of hydrogen-bond acceptors (Lipinski definition) is 4. The van der Waals surface area contributed by atoms with Crippen molar-refractivity contribution >= 4 is 32.0 Å². The van der Waals surface area contributed by atoms with Gasteiger partial charge in [-0.3, -0.25) is 0 Å². The normalized spacial score (nSPS) is 11.8. The number of nitrogens with zero attached hydrogens (tertiary/aromatic N) is 2. The van der Waals surface area contributed by atoms with Gasteiger partial charge in [0.25, 0.3) is 10.0 Å². The lowest BCUT2D eigenvalue weighted by Crippen LogP contribution is -2.13. The lowest BCUT2D eigenvalue weighted by atomic mass is 10.0. The van der Waals surface area contributed by atoms with Crippen LogP contribution in [-0.2, 0) is 10.0 Å². The van der Waals surface area contributed by atoms with Crippen molar-refractivity contribution in [2.75, 3.05) is 7.11 Å². The summed E-state index contributed by atoms with van der Waals surface area (Å²) in [7, 11) is -2.16. The standard InChI is InChI=1S/C24H18N2O3S/c1-29-19-12-9-17(10-13-19)18-11-14-23-22(16-18)21-8-5-15-25-24(21)26(23)30(27,28)20-6-3-2-4-7-20/h2-16H,1H3. The zero-order chi connectivity index (χ0) is 20.7. The fraction of sp³-hybridized carbons (Fsp3) is 0.0417. The summed E-state index contributed by atoms with van der Waals surface area (Å²) in [6.45, 7) is 0. The molecule has 2 aromatic heterocycles. The lowest BCUT2D eigenvalue weighted by Gasteiger charge is -2.09. The number of hydrogen-bond donors (Lipinski definition) is 0. The molecule has 0 fully saturated rings. The molecule has 0 spiro atoms. The third-order valence-electron chi connectivity index (χ3n) is 5.19. The van der Waals surface area contributed by atoms with Gasteiger partial charge in [-0.15, -0.1) is 0 Å². The summed E-state index contributed by atoms with van der Waals surface area (Å²) in [4.78, 5) is 4.63. The SMILES string of the molecule is COc1ccc(-c2ccc3c(c2)c2cccnc2n3S(=O)(=O)c2ccccc2)cc1. The Morgan fingerprint density at radius 3 is 2.27 bits per heavy atom. The van der Waals surface area contributed by atoms with E-state index < -0.39 is 10.0 Å². The third kappa shape index (κ3) is 2.84. The van der Waals surface area contributed by atoms with Gasteiger partial charge in [-0.1, -0.05) is 36.4 Å². The Morgan fingerprint density at radius 2 is 1.53 bits per heavy atom. The van der Waals surface area contributed by atoms with E-state index >= 15 is 0 Å². The summed E-state index contributed by atoms with van der Waals surface area (Å²) in [5.74, 6) is 0.787. The van der Waals surface area contributed by atoms with Crippen LogP contribution in [0.3, 0.4) is 0 Å².